The van der Waals surface area contributed by atoms with E-state index in [0.717, 1.165) is 22.9 Å². The molecule has 1 N–H and O–H groups in total. The predicted octanol–water partition coefficient (Wildman–Crippen LogP) is 4.24. The highest BCUT2D eigenvalue weighted by Gasteiger charge is 2.25. The highest BCUT2D eigenvalue weighted by Crippen LogP contribution is 2.29. The van der Waals surface area contributed by atoms with E-state index in [9.17, 15) is 9.59 Å². The number of amides is 2. The van der Waals surface area contributed by atoms with Gasteiger partial charge in [-0.05, 0) is 41.6 Å². The summed E-state index contributed by atoms with van der Waals surface area (Å²) in [6, 6.07) is 14.8. The van der Waals surface area contributed by atoms with Gasteiger partial charge in [0.15, 0.2) is 0 Å². The van der Waals surface area contributed by atoms with Crippen LogP contribution < -0.4 is 10.1 Å². The molecule has 1 aliphatic rings. The Hall–Kier alpha value is -2.24. The van der Waals surface area contributed by atoms with Gasteiger partial charge in [-0.25, -0.2) is 0 Å². The number of ether oxygens (including phenoxy) is 1. The summed E-state index contributed by atoms with van der Waals surface area (Å²) in [6.45, 7) is 0.360. The average Bonchev–Trinajstić information content (AvgIpc) is 2.84. The van der Waals surface area contributed by atoms with Crippen molar-refractivity contribution in [1.29, 1.82) is 0 Å². The number of carbonyl (C=O) groups excluding carboxylic acids is 2. The van der Waals surface area contributed by atoms with Crippen molar-refractivity contribution in [3.8, 4) is 5.75 Å². The van der Waals surface area contributed by atoms with Crippen molar-refractivity contribution >= 4 is 40.6 Å². The molecule has 0 atom stereocenters. The molecule has 0 bridgehead atoms. The molecule has 0 radical (unpaired) electrons. The van der Waals surface area contributed by atoms with Crippen LogP contribution in [0.15, 0.2) is 53.4 Å². The third-order valence-electron chi connectivity index (χ3n) is 3.13. The van der Waals surface area contributed by atoms with Crippen LogP contribution in [-0.4, -0.2) is 11.1 Å². The summed E-state index contributed by atoms with van der Waals surface area (Å²) >= 11 is 6.84. The van der Waals surface area contributed by atoms with Gasteiger partial charge in [0.05, 0.1) is 4.91 Å². The van der Waals surface area contributed by atoms with E-state index >= 15 is 0 Å². The Labute approximate surface area is 142 Å². The van der Waals surface area contributed by atoms with Gasteiger partial charge in [0.25, 0.3) is 11.1 Å². The number of nitrogens with one attached hydrogen (secondary N) is 1. The average molecular weight is 346 g/mol. The molecule has 0 spiro atoms. The maximum absolute atomic E-state index is 11.6. The predicted molar refractivity (Wildman–Crippen MR) is 91.3 cm³/mol. The normalized spacial score (nSPS) is 15.8. The van der Waals surface area contributed by atoms with E-state index < -0.39 is 0 Å². The summed E-state index contributed by atoms with van der Waals surface area (Å²) in [5.74, 6) is 0.248. The maximum Gasteiger partial charge on any atom is 0.290 e. The van der Waals surface area contributed by atoms with Crippen LogP contribution in [0.4, 0.5) is 4.79 Å². The molecule has 2 aromatic carbocycles. The number of benzene rings is 2. The largest absolute Gasteiger partial charge is 0.488 e. The Kier molecular flexibility index (Phi) is 4.69. The Balaban J connectivity index is 1.80. The van der Waals surface area contributed by atoms with Gasteiger partial charge < -0.3 is 4.74 Å². The Morgan fingerprint density at radius 2 is 1.96 bits per heavy atom. The van der Waals surface area contributed by atoms with Crippen molar-refractivity contribution < 1.29 is 14.3 Å². The zero-order valence-corrected chi connectivity index (χ0v) is 13.5. The molecule has 1 aliphatic heterocycles. The number of para-hydroxylation sites is 1. The van der Waals surface area contributed by atoms with Crippen LogP contribution in [0, 0.1) is 0 Å². The van der Waals surface area contributed by atoms with Crippen LogP contribution in [-0.2, 0) is 11.4 Å². The number of hydrogen-bond acceptors (Lipinski definition) is 4. The molecule has 0 aromatic heterocycles. The van der Waals surface area contributed by atoms with E-state index in [2.05, 4.69) is 5.32 Å². The van der Waals surface area contributed by atoms with Crippen LogP contribution in [0.3, 0.4) is 0 Å². The van der Waals surface area contributed by atoms with Crippen molar-refractivity contribution in [2.45, 2.75) is 6.61 Å². The second-order valence-electron chi connectivity index (χ2n) is 4.81. The topological polar surface area (TPSA) is 55.4 Å². The second-order valence-corrected chi connectivity index (χ2v) is 6.26. The van der Waals surface area contributed by atoms with Crippen molar-refractivity contribution in [3.63, 3.8) is 0 Å². The summed E-state index contributed by atoms with van der Waals surface area (Å²) in [6.07, 6.45) is 1.65. The molecule has 23 heavy (non-hydrogen) atoms. The Morgan fingerprint density at radius 1 is 1.13 bits per heavy atom. The fraction of sp³-hybridized carbons (Fsp3) is 0.0588. The van der Waals surface area contributed by atoms with Crippen molar-refractivity contribution in [2.24, 2.45) is 0 Å². The third kappa shape index (κ3) is 3.94. The summed E-state index contributed by atoms with van der Waals surface area (Å²) in [4.78, 5) is 23.2. The smallest absolute Gasteiger partial charge is 0.290 e. The number of hydrogen-bond donors (Lipinski definition) is 1. The van der Waals surface area contributed by atoms with Crippen LogP contribution in [0.5, 0.6) is 5.75 Å². The lowest BCUT2D eigenvalue weighted by atomic mass is 10.2. The lowest BCUT2D eigenvalue weighted by Gasteiger charge is -2.09. The minimum Gasteiger partial charge on any atom is -0.488 e. The molecule has 3 rings (SSSR count). The van der Waals surface area contributed by atoms with Gasteiger partial charge in [-0.2, -0.15) is 0 Å². The first kappa shape index (κ1) is 15.6. The summed E-state index contributed by atoms with van der Waals surface area (Å²) in [5, 5.41) is 2.52. The van der Waals surface area contributed by atoms with Crippen molar-refractivity contribution in [3.05, 3.63) is 69.6 Å². The highest BCUT2D eigenvalue weighted by molar-refractivity contribution is 8.18. The number of thioether (sulfide) groups is 1. The van der Waals surface area contributed by atoms with Gasteiger partial charge in [0.1, 0.15) is 12.4 Å². The van der Waals surface area contributed by atoms with Crippen LogP contribution in [0.1, 0.15) is 11.1 Å². The second kappa shape index (κ2) is 6.89. The van der Waals surface area contributed by atoms with Gasteiger partial charge in [0.2, 0.25) is 0 Å². The summed E-state index contributed by atoms with van der Waals surface area (Å²) in [5.41, 5.74) is 1.69. The minimum absolute atomic E-state index is 0.355. The molecule has 2 aromatic rings. The van der Waals surface area contributed by atoms with E-state index in [1.165, 1.54) is 0 Å². The quantitative estimate of drug-likeness (QED) is 0.842. The zero-order valence-electron chi connectivity index (χ0n) is 11.9. The lowest BCUT2D eigenvalue weighted by Crippen LogP contribution is -2.17. The Bertz CT molecular complexity index is 804. The molecule has 0 unspecified atom stereocenters. The molecule has 6 heteroatoms. The van der Waals surface area contributed by atoms with E-state index in [0.29, 0.717) is 22.3 Å². The molecule has 116 valence electrons. The molecule has 2 amide bonds. The standard InChI is InChI=1S/C17H12ClNO3S/c18-13-6-3-4-11(8-13)10-22-14-7-2-1-5-12(14)9-15-16(20)19-17(21)23-15/h1-9H,10H2,(H,19,20,21)/b15-9-. The van der Waals surface area contributed by atoms with Gasteiger partial charge in [0, 0.05) is 10.6 Å². The van der Waals surface area contributed by atoms with Crippen LogP contribution in [0.25, 0.3) is 6.08 Å². The van der Waals surface area contributed by atoms with Gasteiger partial charge in [-0.15, -0.1) is 0 Å². The first-order valence-corrected chi connectivity index (χ1v) is 8.02. The lowest BCUT2D eigenvalue weighted by molar-refractivity contribution is -0.115. The van der Waals surface area contributed by atoms with E-state index in [1.54, 1.807) is 12.1 Å². The number of imide groups is 1. The van der Waals surface area contributed by atoms with Crippen molar-refractivity contribution in [2.75, 3.05) is 0 Å². The highest BCUT2D eigenvalue weighted by atomic mass is 35.5. The SMILES string of the molecule is O=C1NC(=O)/C(=C/c2ccccc2OCc2cccc(Cl)c2)S1. The molecular weight excluding hydrogens is 334 g/mol. The van der Waals surface area contributed by atoms with E-state index in [1.807, 2.05) is 42.5 Å². The number of halogens is 1. The van der Waals surface area contributed by atoms with E-state index in [-0.39, 0.29) is 11.1 Å². The molecule has 1 fully saturated rings. The van der Waals surface area contributed by atoms with Crippen LogP contribution >= 0.6 is 23.4 Å². The van der Waals surface area contributed by atoms with Crippen LogP contribution in [0.2, 0.25) is 5.02 Å². The van der Waals surface area contributed by atoms with Gasteiger partial charge in [-0.1, -0.05) is 41.9 Å². The Morgan fingerprint density at radius 3 is 2.70 bits per heavy atom. The first-order chi connectivity index (χ1) is 11.1. The fourth-order valence-electron chi connectivity index (χ4n) is 2.08. The molecular formula is C17H12ClNO3S. The summed E-state index contributed by atoms with van der Waals surface area (Å²) < 4.78 is 5.82. The first-order valence-electron chi connectivity index (χ1n) is 6.83. The van der Waals surface area contributed by atoms with Gasteiger partial charge >= 0.3 is 0 Å². The summed E-state index contributed by atoms with van der Waals surface area (Å²) in [7, 11) is 0. The van der Waals surface area contributed by atoms with E-state index in [4.69, 9.17) is 16.3 Å². The monoisotopic (exact) mass is 345 g/mol. The molecule has 1 saturated heterocycles. The number of carbonyl (C=O) groups is 2. The molecule has 4 nitrogen and oxygen atoms in total. The molecule has 1 heterocycles. The fourth-order valence-corrected chi connectivity index (χ4v) is 2.97. The number of rotatable bonds is 4. The third-order valence-corrected chi connectivity index (χ3v) is 4.18. The zero-order chi connectivity index (χ0) is 16.2. The maximum atomic E-state index is 11.6. The van der Waals surface area contributed by atoms with Gasteiger partial charge in [-0.3, -0.25) is 14.9 Å². The minimum atomic E-state index is -0.385. The molecule has 0 saturated carbocycles. The van der Waals surface area contributed by atoms with Crippen molar-refractivity contribution in [1.82, 2.24) is 5.32 Å². The molecule has 0 aliphatic carbocycles.